The fourth-order valence-electron chi connectivity index (χ4n) is 1.38. The lowest BCUT2D eigenvalue weighted by atomic mass is 10.2. The van der Waals surface area contributed by atoms with Crippen molar-refractivity contribution in [2.75, 3.05) is 20.1 Å². The Morgan fingerprint density at radius 3 is 2.31 bits per heavy atom. The summed E-state index contributed by atoms with van der Waals surface area (Å²) < 4.78 is 0. The molecular weight excluding hydrogens is 208 g/mol. The second kappa shape index (κ2) is 8.10. The summed E-state index contributed by atoms with van der Waals surface area (Å²) in [5, 5.41) is 11.4. The molecule has 0 heterocycles. The summed E-state index contributed by atoms with van der Waals surface area (Å²) in [6.45, 7) is 4.71. The molecule has 0 unspecified atom stereocenters. The first-order valence-corrected chi connectivity index (χ1v) is 5.69. The van der Waals surface area contributed by atoms with Gasteiger partial charge in [-0.25, -0.2) is 0 Å². The zero-order valence-electron chi connectivity index (χ0n) is 10.3. The van der Waals surface area contributed by atoms with Crippen molar-refractivity contribution in [1.82, 2.24) is 10.2 Å². The van der Waals surface area contributed by atoms with Gasteiger partial charge in [-0.15, -0.1) is 0 Å². The van der Waals surface area contributed by atoms with Gasteiger partial charge in [-0.1, -0.05) is 13.8 Å². The summed E-state index contributed by atoms with van der Waals surface area (Å²) in [5.41, 5.74) is 0. The van der Waals surface area contributed by atoms with Crippen LogP contribution in [0.25, 0.3) is 0 Å². The molecule has 0 aliphatic carbocycles. The molecule has 0 bridgehead atoms. The molecule has 0 aromatic heterocycles. The summed E-state index contributed by atoms with van der Waals surface area (Å²) in [7, 11) is 1.75. The minimum atomic E-state index is -0.841. The van der Waals surface area contributed by atoms with Gasteiger partial charge >= 0.3 is 5.97 Å². The van der Waals surface area contributed by atoms with Crippen molar-refractivity contribution >= 4 is 11.9 Å². The van der Waals surface area contributed by atoms with Gasteiger partial charge in [0.05, 0.1) is 13.0 Å². The Morgan fingerprint density at radius 1 is 1.31 bits per heavy atom. The maximum atomic E-state index is 11.5. The first-order valence-electron chi connectivity index (χ1n) is 5.69. The van der Waals surface area contributed by atoms with Gasteiger partial charge in [0.15, 0.2) is 0 Å². The smallest absolute Gasteiger partial charge is 0.304 e. The highest BCUT2D eigenvalue weighted by Gasteiger charge is 2.11. The monoisotopic (exact) mass is 230 g/mol. The van der Waals surface area contributed by atoms with Crippen molar-refractivity contribution in [3.05, 3.63) is 0 Å². The van der Waals surface area contributed by atoms with E-state index in [-0.39, 0.29) is 24.9 Å². The quantitative estimate of drug-likeness (QED) is 0.644. The molecule has 0 spiro atoms. The van der Waals surface area contributed by atoms with Gasteiger partial charge in [0.1, 0.15) is 0 Å². The molecule has 0 aliphatic heterocycles. The minimum Gasteiger partial charge on any atom is -0.481 e. The number of carboxylic acid groups (broad SMARTS) is 1. The van der Waals surface area contributed by atoms with Gasteiger partial charge in [-0.05, 0) is 19.9 Å². The van der Waals surface area contributed by atoms with Crippen molar-refractivity contribution in [2.24, 2.45) is 0 Å². The van der Waals surface area contributed by atoms with E-state index in [9.17, 15) is 9.59 Å². The predicted molar refractivity (Wildman–Crippen MR) is 62.3 cm³/mol. The molecule has 16 heavy (non-hydrogen) atoms. The summed E-state index contributed by atoms with van der Waals surface area (Å²) in [5.74, 6) is -0.881. The van der Waals surface area contributed by atoms with Crippen LogP contribution in [-0.2, 0) is 9.59 Å². The third kappa shape index (κ3) is 7.23. The van der Waals surface area contributed by atoms with Crippen LogP contribution in [0.5, 0.6) is 0 Å². The third-order valence-electron chi connectivity index (χ3n) is 2.47. The molecule has 0 aromatic carbocycles. The average molecular weight is 230 g/mol. The number of hydrogen-bond donors (Lipinski definition) is 2. The minimum absolute atomic E-state index is 0.0402. The molecule has 5 nitrogen and oxygen atoms in total. The largest absolute Gasteiger partial charge is 0.481 e. The van der Waals surface area contributed by atoms with E-state index in [1.165, 1.54) is 0 Å². The Kier molecular flexibility index (Phi) is 7.54. The van der Waals surface area contributed by atoms with Crippen LogP contribution in [0.4, 0.5) is 0 Å². The number of likely N-dealkylation sites (N-methyl/N-ethyl adjacent to an activating group) is 1. The zero-order valence-corrected chi connectivity index (χ0v) is 10.3. The predicted octanol–water partition coefficient (Wildman–Crippen LogP) is 0.698. The molecule has 0 saturated carbocycles. The Hall–Kier alpha value is -1.10. The van der Waals surface area contributed by atoms with Gasteiger partial charge in [0.25, 0.3) is 0 Å². The number of carboxylic acids is 1. The molecule has 2 N–H and O–H groups in total. The van der Waals surface area contributed by atoms with E-state index >= 15 is 0 Å². The van der Waals surface area contributed by atoms with E-state index < -0.39 is 5.97 Å². The number of nitrogens with zero attached hydrogens (tertiary/aromatic N) is 1. The highest BCUT2D eigenvalue weighted by Crippen LogP contribution is 1.96. The first-order chi connectivity index (χ1) is 7.49. The maximum absolute atomic E-state index is 11.5. The molecule has 0 rings (SSSR count). The number of rotatable bonds is 8. The lowest BCUT2D eigenvalue weighted by Gasteiger charge is -2.18. The molecule has 94 valence electrons. The first kappa shape index (κ1) is 14.9. The van der Waals surface area contributed by atoms with Crippen LogP contribution in [0.3, 0.4) is 0 Å². The highest BCUT2D eigenvalue weighted by atomic mass is 16.4. The lowest BCUT2D eigenvalue weighted by Crippen LogP contribution is -2.41. The van der Waals surface area contributed by atoms with E-state index in [4.69, 9.17) is 5.11 Å². The van der Waals surface area contributed by atoms with Gasteiger partial charge < -0.3 is 10.4 Å². The normalized spacial score (nSPS) is 10.8. The number of carbonyl (C=O) groups excluding carboxylic acids is 1. The summed E-state index contributed by atoms with van der Waals surface area (Å²) in [4.78, 5) is 23.6. The fraction of sp³-hybridized carbons (Fsp3) is 0.818. The fourth-order valence-corrected chi connectivity index (χ4v) is 1.38. The molecule has 0 aliphatic rings. The standard InChI is InChI=1S/C11H22N2O3/c1-4-9(5-2)12-10(14)8-13(3)7-6-11(15)16/h9H,4-8H2,1-3H3,(H,12,14)(H,15,16). The van der Waals surface area contributed by atoms with Crippen LogP contribution in [0.15, 0.2) is 0 Å². The van der Waals surface area contributed by atoms with Crippen LogP contribution in [0.2, 0.25) is 0 Å². The number of aliphatic carboxylic acids is 1. The van der Waals surface area contributed by atoms with Crippen molar-refractivity contribution in [2.45, 2.75) is 39.2 Å². The average Bonchev–Trinajstić information content (AvgIpc) is 2.23. The van der Waals surface area contributed by atoms with Gasteiger partial charge in [-0.3, -0.25) is 14.5 Å². The van der Waals surface area contributed by atoms with E-state index in [1.807, 2.05) is 13.8 Å². The number of amides is 1. The van der Waals surface area contributed by atoms with Crippen molar-refractivity contribution < 1.29 is 14.7 Å². The Morgan fingerprint density at radius 2 is 1.88 bits per heavy atom. The number of hydrogen-bond acceptors (Lipinski definition) is 3. The second-order valence-corrected chi connectivity index (χ2v) is 3.96. The molecule has 0 atom stereocenters. The maximum Gasteiger partial charge on any atom is 0.304 e. The van der Waals surface area contributed by atoms with Crippen molar-refractivity contribution in [3.63, 3.8) is 0 Å². The Balaban J connectivity index is 3.81. The van der Waals surface area contributed by atoms with Gasteiger partial charge in [0.2, 0.25) is 5.91 Å². The van der Waals surface area contributed by atoms with Crippen LogP contribution < -0.4 is 5.32 Å². The van der Waals surface area contributed by atoms with Gasteiger partial charge in [-0.2, -0.15) is 0 Å². The zero-order chi connectivity index (χ0) is 12.6. The molecule has 0 aromatic rings. The van der Waals surface area contributed by atoms with Crippen molar-refractivity contribution in [3.8, 4) is 0 Å². The summed E-state index contributed by atoms with van der Waals surface area (Å²) in [6, 6.07) is 0.223. The molecule has 0 saturated heterocycles. The third-order valence-corrected chi connectivity index (χ3v) is 2.47. The number of carbonyl (C=O) groups is 2. The summed E-state index contributed by atoms with van der Waals surface area (Å²) in [6.07, 6.45) is 1.90. The molecule has 0 fully saturated rings. The van der Waals surface area contributed by atoms with Crippen LogP contribution in [-0.4, -0.2) is 48.1 Å². The Bertz CT molecular complexity index is 227. The number of nitrogens with one attached hydrogen (secondary N) is 1. The van der Waals surface area contributed by atoms with E-state index in [0.717, 1.165) is 12.8 Å². The molecule has 5 heteroatoms. The SMILES string of the molecule is CCC(CC)NC(=O)CN(C)CCC(=O)O. The highest BCUT2D eigenvalue weighted by molar-refractivity contribution is 5.78. The van der Waals surface area contributed by atoms with Crippen LogP contribution in [0, 0.1) is 0 Å². The lowest BCUT2D eigenvalue weighted by molar-refractivity contribution is -0.137. The Labute approximate surface area is 96.8 Å². The van der Waals surface area contributed by atoms with Crippen molar-refractivity contribution in [1.29, 1.82) is 0 Å². The van der Waals surface area contributed by atoms with Gasteiger partial charge in [0, 0.05) is 12.6 Å². The van der Waals surface area contributed by atoms with Crippen LogP contribution >= 0.6 is 0 Å². The van der Waals surface area contributed by atoms with E-state index in [0.29, 0.717) is 6.54 Å². The van der Waals surface area contributed by atoms with E-state index in [2.05, 4.69) is 5.32 Å². The molecule has 1 amide bonds. The summed E-state index contributed by atoms with van der Waals surface area (Å²) >= 11 is 0. The molecule has 0 radical (unpaired) electrons. The molecular formula is C11H22N2O3. The van der Waals surface area contributed by atoms with E-state index in [1.54, 1.807) is 11.9 Å². The van der Waals surface area contributed by atoms with Crippen LogP contribution in [0.1, 0.15) is 33.1 Å². The topological polar surface area (TPSA) is 69.6 Å². The second-order valence-electron chi connectivity index (χ2n) is 3.96.